The van der Waals surface area contributed by atoms with Crippen LogP contribution in [0.25, 0.3) is 11.0 Å². The molecular weight excluding hydrogens is 380 g/mol. The number of carbonyl (C=O) groups is 1. The fourth-order valence-electron chi connectivity index (χ4n) is 3.73. The average molecular weight is 409 g/mol. The van der Waals surface area contributed by atoms with Crippen LogP contribution < -0.4 is 9.62 Å². The van der Waals surface area contributed by atoms with E-state index in [0.717, 1.165) is 36.1 Å². The van der Waals surface area contributed by atoms with Crippen LogP contribution in [0.15, 0.2) is 18.6 Å². The van der Waals surface area contributed by atoms with Crippen molar-refractivity contribution in [3.63, 3.8) is 0 Å². The Labute approximate surface area is 165 Å². The Morgan fingerprint density at radius 2 is 2.21 bits per heavy atom. The number of likely N-dealkylation sites (N-methyl/N-ethyl adjacent to an activating group) is 1. The number of sulfonamides is 1. The highest BCUT2D eigenvalue weighted by atomic mass is 32.2. The minimum atomic E-state index is -3.21. The molecule has 2 unspecified atom stereocenters. The van der Waals surface area contributed by atoms with Crippen molar-refractivity contribution in [2.45, 2.75) is 32.2 Å². The molecular formula is C18H28N6O3S. The summed E-state index contributed by atoms with van der Waals surface area (Å²) in [7, 11) is -1.20. The first-order chi connectivity index (χ1) is 13.3. The fraction of sp³-hybridized carbons (Fsp3) is 0.611. The molecule has 0 aromatic carbocycles. The number of rotatable bonds is 7. The summed E-state index contributed by atoms with van der Waals surface area (Å²) in [5, 5.41) is 0.965. The van der Waals surface area contributed by atoms with Crippen molar-refractivity contribution in [3.8, 4) is 0 Å². The maximum Gasteiger partial charge on any atom is 0.222 e. The monoisotopic (exact) mass is 408 g/mol. The van der Waals surface area contributed by atoms with Gasteiger partial charge in [0.2, 0.25) is 15.9 Å². The third-order valence-corrected chi connectivity index (χ3v) is 6.10. The Bertz CT molecular complexity index is 928. The van der Waals surface area contributed by atoms with E-state index >= 15 is 0 Å². The van der Waals surface area contributed by atoms with E-state index in [0.29, 0.717) is 25.3 Å². The van der Waals surface area contributed by atoms with Crippen molar-refractivity contribution in [2.75, 3.05) is 37.8 Å². The second kappa shape index (κ2) is 8.44. The van der Waals surface area contributed by atoms with E-state index in [1.165, 1.54) is 0 Å². The second-order valence-electron chi connectivity index (χ2n) is 7.49. The zero-order chi connectivity index (χ0) is 20.3. The summed E-state index contributed by atoms with van der Waals surface area (Å²) in [4.78, 5) is 28.5. The van der Waals surface area contributed by atoms with E-state index in [2.05, 4.69) is 31.5 Å². The first-order valence-corrected chi connectivity index (χ1v) is 11.4. The van der Waals surface area contributed by atoms with Gasteiger partial charge < -0.3 is 14.8 Å². The van der Waals surface area contributed by atoms with Crippen LogP contribution in [-0.2, 0) is 14.8 Å². The molecule has 0 saturated carbocycles. The summed E-state index contributed by atoms with van der Waals surface area (Å²) in [6.45, 7) is 3.85. The molecule has 0 radical (unpaired) electrons. The van der Waals surface area contributed by atoms with Gasteiger partial charge in [0.15, 0.2) is 0 Å². The van der Waals surface area contributed by atoms with Gasteiger partial charge in [-0.25, -0.2) is 23.1 Å². The maximum absolute atomic E-state index is 12.6. The number of piperidine rings is 1. The van der Waals surface area contributed by atoms with Gasteiger partial charge in [-0.05, 0) is 24.8 Å². The van der Waals surface area contributed by atoms with E-state index in [9.17, 15) is 13.2 Å². The topological polar surface area (TPSA) is 111 Å². The predicted molar refractivity (Wildman–Crippen MR) is 109 cm³/mol. The number of anilines is 1. The van der Waals surface area contributed by atoms with E-state index in [4.69, 9.17) is 0 Å². The Hall–Kier alpha value is -2.20. The second-order valence-corrected chi connectivity index (χ2v) is 9.32. The molecule has 10 heteroatoms. The largest absolute Gasteiger partial charge is 0.354 e. The molecule has 2 N–H and O–H groups in total. The molecule has 0 spiro atoms. The number of hydrogen-bond acceptors (Lipinski definition) is 6. The van der Waals surface area contributed by atoms with Gasteiger partial charge in [0.05, 0.1) is 17.7 Å². The van der Waals surface area contributed by atoms with Crippen molar-refractivity contribution in [3.05, 3.63) is 18.6 Å². The number of nitrogens with one attached hydrogen (secondary N) is 2. The Balaban J connectivity index is 1.64. The molecule has 1 aliphatic heterocycles. The number of nitrogens with zero attached hydrogens (tertiary/aromatic N) is 4. The van der Waals surface area contributed by atoms with Crippen molar-refractivity contribution in [2.24, 2.45) is 5.92 Å². The molecule has 1 saturated heterocycles. The van der Waals surface area contributed by atoms with Crippen LogP contribution in [0, 0.1) is 5.92 Å². The summed E-state index contributed by atoms with van der Waals surface area (Å²) >= 11 is 0. The third kappa shape index (κ3) is 4.79. The summed E-state index contributed by atoms with van der Waals surface area (Å²) in [5.41, 5.74) is 0.798. The molecule has 0 bridgehead atoms. The standard InChI is InChI=1S/C18H28N6O3S/c1-13-7-10-24(16(25)5-4-8-22-28(3,26)27)11-15(13)23(2)18-14-6-9-19-17(14)20-12-21-18/h6,9,12-13,15,22H,4-5,7-8,10-11H2,1-3H3,(H,19,20,21). The highest BCUT2D eigenvalue weighted by Crippen LogP contribution is 2.28. The minimum Gasteiger partial charge on any atom is -0.354 e. The number of aromatic nitrogens is 3. The van der Waals surface area contributed by atoms with Crippen LogP contribution in [0.4, 0.5) is 5.82 Å². The van der Waals surface area contributed by atoms with Crippen molar-refractivity contribution < 1.29 is 13.2 Å². The zero-order valence-corrected chi connectivity index (χ0v) is 17.4. The van der Waals surface area contributed by atoms with Crippen LogP contribution >= 0.6 is 0 Å². The summed E-state index contributed by atoms with van der Waals surface area (Å²) < 4.78 is 24.7. The first kappa shape index (κ1) is 20.5. The third-order valence-electron chi connectivity index (χ3n) is 5.37. The molecule has 1 fully saturated rings. The molecule has 3 rings (SSSR count). The number of carbonyl (C=O) groups excluding carboxylic acids is 1. The van der Waals surface area contributed by atoms with Gasteiger partial charge in [-0.1, -0.05) is 6.92 Å². The highest BCUT2D eigenvalue weighted by molar-refractivity contribution is 7.88. The van der Waals surface area contributed by atoms with E-state index in [1.807, 2.05) is 24.2 Å². The molecule has 3 heterocycles. The molecule has 1 amide bonds. The van der Waals surface area contributed by atoms with Crippen LogP contribution in [0.1, 0.15) is 26.2 Å². The van der Waals surface area contributed by atoms with Gasteiger partial charge in [0.25, 0.3) is 0 Å². The minimum absolute atomic E-state index is 0.0649. The summed E-state index contributed by atoms with van der Waals surface area (Å²) in [6, 6.07) is 2.12. The Kier molecular flexibility index (Phi) is 6.19. The number of amides is 1. The SMILES string of the molecule is CC1CCN(C(=O)CCCNS(C)(=O)=O)CC1N(C)c1ncnc2[nH]ccc12. The van der Waals surface area contributed by atoms with E-state index in [-0.39, 0.29) is 18.5 Å². The lowest BCUT2D eigenvalue weighted by atomic mass is 9.92. The number of likely N-dealkylation sites (tertiary alicyclic amines) is 1. The van der Waals surface area contributed by atoms with Gasteiger partial charge in [-0.15, -0.1) is 0 Å². The number of aromatic amines is 1. The molecule has 1 aliphatic rings. The normalized spacial score (nSPS) is 20.5. The zero-order valence-electron chi connectivity index (χ0n) is 16.6. The summed E-state index contributed by atoms with van der Waals surface area (Å²) in [6.07, 6.45) is 6.27. The molecule has 154 valence electrons. The number of H-pyrrole nitrogens is 1. The molecule has 2 aromatic rings. The van der Waals surface area contributed by atoms with Crippen LogP contribution in [0.2, 0.25) is 0 Å². The predicted octanol–water partition coefficient (Wildman–Crippen LogP) is 0.961. The van der Waals surface area contributed by atoms with Crippen molar-refractivity contribution >= 4 is 32.8 Å². The highest BCUT2D eigenvalue weighted by Gasteiger charge is 2.32. The van der Waals surface area contributed by atoms with Crippen molar-refractivity contribution in [1.29, 1.82) is 0 Å². The van der Waals surface area contributed by atoms with E-state index < -0.39 is 10.0 Å². The first-order valence-electron chi connectivity index (χ1n) is 9.49. The van der Waals surface area contributed by atoms with Crippen LogP contribution in [0.3, 0.4) is 0 Å². The van der Waals surface area contributed by atoms with Gasteiger partial charge in [0, 0.05) is 39.3 Å². The Morgan fingerprint density at radius 1 is 1.43 bits per heavy atom. The summed E-state index contributed by atoms with van der Waals surface area (Å²) in [5.74, 6) is 1.34. The van der Waals surface area contributed by atoms with Gasteiger partial charge in [0.1, 0.15) is 17.8 Å². The molecule has 2 atom stereocenters. The van der Waals surface area contributed by atoms with Crippen molar-refractivity contribution in [1.82, 2.24) is 24.6 Å². The molecule has 28 heavy (non-hydrogen) atoms. The lowest BCUT2D eigenvalue weighted by Crippen LogP contribution is -2.52. The smallest absolute Gasteiger partial charge is 0.222 e. The van der Waals surface area contributed by atoms with Gasteiger partial charge in [-0.3, -0.25) is 4.79 Å². The molecule has 0 aliphatic carbocycles. The fourth-order valence-corrected chi connectivity index (χ4v) is 4.25. The number of hydrogen-bond donors (Lipinski definition) is 2. The van der Waals surface area contributed by atoms with Gasteiger partial charge in [-0.2, -0.15) is 0 Å². The lowest BCUT2D eigenvalue weighted by molar-refractivity contribution is -0.132. The van der Waals surface area contributed by atoms with Crippen LogP contribution in [-0.4, -0.2) is 73.2 Å². The lowest BCUT2D eigenvalue weighted by Gasteiger charge is -2.42. The quantitative estimate of drug-likeness (QED) is 0.660. The molecule has 9 nitrogen and oxygen atoms in total. The van der Waals surface area contributed by atoms with Gasteiger partial charge >= 0.3 is 0 Å². The maximum atomic E-state index is 12.6. The van der Waals surface area contributed by atoms with Crippen LogP contribution in [0.5, 0.6) is 0 Å². The number of fused-ring (bicyclic) bond motifs is 1. The average Bonchev–Trinajstić information content (AvgIpc) is 3.13. The molecule has 2 aromatic heterocycles. The Morgan fingerprint density at radius 3 is 2.96 bits per heavy atom. The van der Waals surface area contributed by atoms with E-state index in [1.54, 1.807) is 6.33 Å².